The molecule has 0 atom stereocenters. The van der Waals surface area contributed by atoms with Crippen LogP contribution in [0.4, 0.5) is 8.78 Å². The van der Waals surface area contributed by atoms with Crippen LogP contribution in [0.5, 0.6) is 11.5 Å². The molecule has 0 unspecified atom stereocenters. The average molecular weight is 475 g/mol. The van der Waals surface area contributed by atoms with E-state index in [1.807, 2.05) is 12.1 Å². The van der Waals surface area contributed by atoms with Gasteiger partial charge in [-0.15, -0.1) is 0 Å². The lowest BCUT2D eigenvalue weighted by atomic mass is 10.0. The minimum absolute atomic E-state index is 0.294. The van der Waals surface area contributed by atoms with Crippen molar-refractivity contribution in [3.05, 3.63) is 59.2 Å². The van der Waals surface area contributed by atoms with Crippen molar-refractivity contribution in [1.29, 1.82) is 0 Å². The van der Waals surface area contributed by atoms with Crippen molar-refractivity contribution in [1.82, 2.24) is 0 Å². The predicted octanol–water partition coefficient (Wildman–Crippen LogP) is 9.23. The standard InChI is InChI=1S/C30H44F2O2/c1-3-5-7-9-11-13-23-33-27-19-15-17-25(29(27)31)21-22-26-18-16-20-28(30(26)32)34-24-14-12-10-8-6-4-2/h15-20H,3-14,21-24H2,1-2H3. The number of rotatable bonds is 19. The van der Waals surface area contributed by atoms with Crippen molar-refractivity contribution in [2.45, 2.75) is 104 Å². The largest absolute Gasteiger partial charge is 0.491 e. The fraction of sp³-hybridized carbons (Fsp3) is 0.600. The zero-order valence-corrected chi connectivity index (χ0v) is 21.4. The molecule has 34 heavy (non-hydrogen) atoms. The minimum atomic E-state index is -0.329. The zero-order valence-electron chi connectivity index (χ0n) is 21.4. The maximum Gasteiger partial charge on any atom is 0.168 e. The highest BCUT2D eigenvalue weighted by Crippen LogP contribution is 2.25. The Morgan fingerprint density at radius 1 is 0.529 bits per heavy atom. The molecule has 0 fully saturated rings. The van der Waals surface area contributed by atoms with Gasteiger partial charge in [0.2, 0.25) is 0 Å². The molecule has 0 aliphatic carbocycles. The first kappa shape index (κ1) is 28.1. The van der Waals surface area contributed by atoms with Gasteiger partial charge in [-0.05, 0) is 48.9 Å². The lowest BCUT2D eigenvalue weighted by molar-refractivity contribution is 0.288. The molecule has 2 aromatic carbocycles. The van der Waals surface area contributed by atoms with E-state index in [2.05, 4.69) is 13.8 Å². The van der Waals surface area contributed by atoms with Gasteiger partial charge in [0, 0.05) is 0 Å². The van der Waals surface area contributed by atoms with E-state index in [9.17, 15) is 8.78 Å². The first-order valence-corrected chi connectivity index (χ1v) is 13.5. The molecule has 0 radical (unpaired) electrons. The Balaban J connectivity index is 1.80. The highest BCUT2D eigenvalue weighted by Gasteiger charge is 2.13. The summed E-state index contributed by atoms with van der Waals surface area (Å²) in [7, 11) is 0. The van der Waals surface area contributed by atoms with Gasteiger partial charge in [-0.2, -0.15) is 0 Å². The van der Waals surface area contributed by atoms with E-state index in [1.54, 1.807) is 24.3 Å². The molecule has 0 N–H and O–H groups in total. The third-order valence-electron chi connectivity index (χ3n) is 6.26. The number of halogens is 2. The van der Waals surface area contributed by atoms with Gasteiger partial charge in [-0.1, -0.05) is 102 Å². The van der Waals surface area contributed by atoms with Crippen molar-refractivity contribution in [3.63, 3.8) is 0 Å². The Morgan fingerprint density at radius 3 is 1.32 bits per heavy atom. The maximum absolute atomic E-state index is 14.9. The second-order valence-corrected chi connectivity index (χ2v) is 9.19. The first-order valence-electron chi connectivity index (χ1n) is 13.5. The quantitative estimate of drug-likeness (QED) is 0.189. The topological polar surface area (TPSA) is 18.5 Å². The van der Waals surface area contributed by atoms with Crippen molar-refractivity contribution in [3.8, 4) is 11.5 Å². The summed E-state index contributed by atoms with van der Waals surface area (Å²) in [5.74, 6) is -0.0705. The van der Waals surface area contributed by atoms with Crippen molar-refractivity contribution < 1.29 is 18.3 Å². The van der Waals surface area contributed by atoms with Crippen LogP contribution in [-0.2, 0) is 12.8 Å². The van der Waals surface area contributed by atoms with E-state index in [1.165, 1.54) is 51.4 Å². The fourth-order valence-corrected chi connectivity index (χ4v) is 4.12. The van der Waals surface area contributed by atoms with Crippen LogP contribution in [0.1, 0.15) is 102 Å². The number of unbranched alkanes of at least 4 members (excludes halogenated alkanes) is 10. The Bertz CT molecular complexity index is 739. The molecular formula is C30H44F2O2. The van der Waals surface area contributed by atoms with Gasteiger partial charge >= 0.3 is 0 Å². The van der Waals surface area contributed by atoms with Crippen molar-refractivity contribution >= 4 is 0 Å². The molecule has 4 heteroatoms. The molecule has 2 rings (SSSR count). The van der Waals surface area contributed by atoms with Gasteiger partial charge in [0.15, 0.2) is 23.1 Å². The molecule has 0 saturated carbocycles. The lowest BCUT2D eigenvalue weighted by Crippen LogP contribution is -2.04. The summed E-state index contributed by atoms with van der Waals surface area (Å²) in [6.07, 6.45) is 14.8. The summed E-state index contributed by atoms with van der Waals surface area (Å²) in [5.41, 5.74) is 1.11. The van der Waals surface area contributed by atoms with Crippen LogP contribution >= 0.6 is 0 Å². The Hall–Kier alpha value is -2.10. The number of hydrogen-bond acceptors (Lipinski definition) is 2. The molecule has 0 amide bonds. The molecule has 0 bridgehead atoms. The molecule has 0 saturated heterocycles. The summed E-state index contributed by atoms with van der Waals surface area (Å²) in [6, 6.07) is 10.5. The van der Waals surface area contributed by atoms with Crippen LogP contribution in [0.15, 0.2) is 36.4 Å². The minimum Gasteiger partial charge on any atom is -0.491 e. The van der Waals surface area contributed by atoms with Gasteiger partial charge in [0.25, 0.3) is 0 Å². The summed E-state index contributed by atoms with van der Waals surface area (Å²) in [5, 5.41) is 0. The van der Waals surface area contributed by atoms with Crippen LogP contribution in [0.3, 0.4) is 0 Å². The lowest BCUT2D eigenvalue weighted by Gasteiger charge is -2.12. The normalized spacial score (nSPS) is 11.1. The summed E-state index contributed by atoms with van der Waals surface area (Å²) < 4.78 is 41.2. The van der Waals surface area contributed by atoms with Crippen LogP contribution in [0.25, 0.3) is 0 Å². The molecule has 0 spiro atoms. The number of benzene rings is 2. The Morgan fingerprint density at radius 2 is 0.912 bits per heavy atom. The molecule has 2 nitrogen and oxygen atoms in total. The average Bonchev–Trinajstić information content (AvgIpc) is 2.84. The maximum atomic E-state index is 14.9. The van der Waals surface area contributed by atoms with E-state index in [-0.39, 0.29) is 11.6 Å². The van der Waals surface area contributed by atoms with Crippen LogP contribution < -0.4 is 9.47 Å². The molecule has 190 valence electrons. The first-order chi connectivity index (χ1) is 16.7. The third kappa shape index (κ3) is 10.4. The molecule has 2 aromatic rings. The van der Waals surface area contributed by atoms with E-state index >= 15 is 0 Å². The van der Waals surface area contributed by atoms with E-state index in [4.69, 9.17) is 9.47 Å². The second kappa shape index (κ2) is 17.4. The number of ether oxygens (including phenoxy) is 2. The highest BCUT2D eigenvalue weighted by atomic mass is 19.1. The molecular weight excluding hydrogens is 430 g/mol. The summed E-state index contributed by atoms with van der Waals surface area (Å²) in [4.78, 5) is 0. The molecule has 0 heterocycles. The highest BCUT2D eigenvalue weighted by molar-refractivity contribution is 5.34. The van der Waals surface area contributed by atoms with Gasteiger partial charge in [0.05, 0.1) is 13.2 Å². The Kier molecular flexibility index (Phi) is 14.4. The SMILES string of the molecule is CCCCCCCCOc1cccc(CCc2cccc(OCCCCCCCC)c2F)c1F. The van der Waals surface area contributed by atoms with E-state index in [0.717, 1.165) is 25.7 Å². The second-order valence-electron chi connectivity index (χ2n) is 9.19. The van der Waals surface area contributed by atoms with E-state index < -0.39 is 0 Å². The predicted molar refractivity (Wildman–Crippen MR) is 138 cm³/mol. The third-order valence-corrected chi connectivity index (χ3v) is 6.26. The van der Waals surface area contributed by atoms with Crippen LogP contribution in [0, 0.1) is 11.6 Å². The monoisotopic (exact) mass is 474 g/mol. The Labute approximate surface area is 206 Å². The smallest absolute Gasteiger partial charge is 0.168 e. The van der Waals surface area contributed by atoms with Gasteiger partial charge < -0.3 is 9.47 Å². The summed E-state index contributed by atoms with van der Waals surface area (Å²) >= 11 is 0. The molecule has 0 aromatic heterocycles. The fourth-order valence-electron chi connectivity index (χ4n) is 4.12. The molecule has 0 aliphatic heterocycles. The molecule has 0 aliphatic rings. The summed E-state index contributed by atoms with van der Waals surface area (Å²) in [6.45, 7) is 5.46. The van der Waals surface area contributed by atoms with Gasteiger partial charge in [-0.25, -0.2) is 8.78 Å². The van der Waals surface area contributed by atoms with Crippen LogP contribution in [-0.4, -0.2) is 13.2 Å². The van der Waals surface area contributed by atoms with Crippen LogP contribution in [0.2, 0.25) is 0 Å². The van der Waals surface area contributed by atoms with Gasteiger partial charge in [-0.3, -0.25) is 0 Å². The van der Waals surface area contributed by atoms with Crippen molar-refractivity contribution in [2.75, 3.05) is 13.2 Å². The number of hydrogen-bond donors (Lipinski definition) is 0. The zero-order chi connectivity index (χ0) is 24.4. The number of aryl methyl sites for hydroxylation is 2. The van der Waals surface area contributed by atoms with Crippen molar-refractivity contribution in [2.24, 2.45) is 0 Å². The van der Waals surface area contributed by atoms with E-state index in [0.29, 0.717) is 48.7 Å². The van der Waals surface area contributed by atoms with Gasteiger partial charge in [0.1, 0.15) is 0 Å².